The molecule has 0 atom stereocenters. The van der Waals surface area contributed by atoms with E-state index in [4.69, 9.17) is 4.74 Å². The maximum absolute atomic E-state index is 5.23. The molecule has 2 rings (SSSR count). The molecule has 21 heavy (non-hydrogen) atoms. The summed E-state index contributed by atoms with van der Waals surface area (Å²) in [4.78, 5) is 0. The Morgan fingerprint density at radius 1 is 1.33 bits per heavy atom. The number of tetrazole rings is 1. The van der Waals surface area contributed by atoms with E-state index in [1.54, 1.807) is 7.11 Å². The summed E-state index contributed by atoms with van der Waals surface area (Å²) in [7, 11) is 1.68. The van der Waals surface area contributed by atoms with Crippen LogP contribution in [-0.4, -0.2) is 33.9 Å². The molecule has 1 aromatic heterocycles. The summed E-state index contributed by atoms with van der Waals surface area (Å²) < 4.78 is 7.09. The van der Waals surface area contributed by atoms with Gasteiger partial charge in [-0.3, -0.25) is 0 Å². The Hall–Kier alpha value is -1.95. The molecule has 0 fully saturated rings. The van der Waals surface area contributed by atoms with Crippen LogP contribution in [0.2, 0.25) is 0 Å². The fraction of sp³-hybridized carbons (Fsp3) is 0.533. The van der Waals surface area contributed by atoms with Gasteiger partial charge in [0, 0.05) is 6.54 Å². The van der Waals surface area contributed by atoms with Crippen LogP contribution in [0.4, 0.5) is 0 Å². The highest BCUT2D eigenvalue weighted by Gasteiger charge is 2.06. The van der Waals surface area contributed by atoms with E-state index < -0.39 is 0 Å². The van der Waals surface area contributed by atoms with E-state index in [0.29, 0.717) is 12.5 Å². The number of hydrogen-bond donors (Lipinski definition) is 1. The van der Waals surface area contributed by atoms with Crippen LogP contribution in [0.5, 0.6) is 5.75 Å². The molecule has 0 saturated heterocycles. The minimum atomic E-state index is 0.617. The summed E-state index contributed by atoms with van der Waals surface area (Å²) in [5.41, 5.74) is 1.21. The average Bonchev–Trinajstić information content (AvgIpc) is 2.92. The highest BCUT2D eigenvalue weighted by molar-refractivity contribution is 5.28. The molecule has 1 aromatic carbocycles. The number of ether oxygens (including phenoxy) is 1. The number of benzene rings is 1. The van der Waals surface area contributed by atoms with Crippen molar-refractivity contribution in [3.05, 3.63) is 35.7 Å². The largest absolute Gasteiger partial charge is 0.497 e. The lowest BCUT2D eigenvalue weighted by Crippen LogP contribution is -2.22. The van der Waals surface area contributed by atoms with Crippen LogP contribution in [0, 0.1) is 5.92 Å². The van der Waals surface area contributed by atoms with E-state index in [1.165, 1.54) is 5.56 Å². The summed E-state index contributed by atoms with van der Waals surface area (Å²) in [6.07, 6.45) is 0.874. The number of nitrogens with zero attached hydrogens (tertiary/aromatic N) is 4. The van der Waals surface area contributed by atoms with Crippen molar-refractivity contribution < 1.29 is 4.74 Å². The molecular weight excluding hydrogens is 266 g/mol. The molecule has 114 valence electrons. The highest BCUT2D eigenvalue weighted by Crippen LogP contribution is 2.13. The number of aromatic nitrogens is 4. The van der Waals surface area contributed by atoms with Gasteiger partial charge in [-0.15, -0.1) is 5.10 Å². The Morgan fingerprint density at radius 3 is 2.95 bits per heavy atom. The molecule has 0 radical (unpaired) electrons. The standard InChI is InChI=1S/C15H23N5O/c1-12(2)10-16-11-15-17-18-19-20(15)8-7-13-5-4-6-14(9-13)21-3/h4-6,9,12,16H,7-8,10-11H2,1-3H3. The van der Waals surface area contributed by atoms with Gasteiger partial charge in [-0.1, -0.05) is 26.0 Å². The van der Waals surface area contributed by atoms with Gasteiger partial charge in [0.25, 0.3) is 0 Å². The van der Waals surface area contributed by atoms with Crippen molar-refractivity contribution in [3.8, 4) is 5.75 Å². The van der Waals surface area contributed by atoms with Crippen molar-refractivity contribution in [2.45, 2.75) is 33.4 Å². The quantitative estimate of drug-likeness (QED) is 0.801. The molecule has 0 saturated carbocycles. The zero-order valence-electron chi connectivity index (χ0n) is 12.9. The first-order valence-corrected chi connectivity index (χ1v) is 7.27. The predicted molar refractivity (Wildman–Crippen MR) is 81.1 cm³/mol. The van der Waals surface area contributed by atoms with Gasteiger partial charge in [-0.05, 0) is 47.0 Å². The van der Waals surface area contributed by atoms with Crippen molar-refractivity contribution in [3.63, 3.8) is 0 Å². The maximum atomic E-state index is 5.23. The minimum Gasteiger partial charge on any atom is -0.497 e. The van der Waals surface area contributed by atoms with Crippen LogP contribution >= 0.6 is 0 Å². The molecular formula is C15H23N5O. The lowest BCUT2D eigenvalue weighted by Gasteiger charge is -2.08. The van der Waals surface area contributed by atoms with Gasteiger partial charge in [-0.25, -0.2) is 4.68 Å². The van der Waals surface area contributed by atoms with Gasteiger partial charge in [0.15, 0.2) is 5.82 Å². The van der Waals surface area contributed by atoms with Crippen molar-refractivity contribution >= 4 is 0 Å². The van der Waals surface area contributed by atoms with Crippen molar-refractivity contribution in [2.75, 3.05) is 13.7 Å². The Balaban J connectivity index is 1.89. The van der Waals surface area contributed by atoms with Crippen molar-refractivity contribution in [2.24, 2.45) is 5.92 Å². The molecule has 0 bridgehead atoms. The molecule has 2 aromatic rings. The summed E-state index contributed by atoms with van der Waals surface area (Å²) in [5.74, 6) is 2.37. The summed E-state index contributed by atoms with van der Waals surface area (Å²) in [6, 6.07) is 8.07. The molecule has 0 aliphatic rings. The zero-order chi connectivity index (χ0) is 15.1. The van der Waals surface area contributed by atoms with Gasteiger partial charge in [-0.2, -0.15) is 0 Å². The third-order valence-electron chi connectivity index (χ3n) is 3.19. The lowest BCUT2D eigenvalue weighted by atomic mass is 10.1. The van der Waals surface area contributed by atoms with Gasteiger partial charge >= 0.3 is 0 Å². The maximum Gasteiger partial charge on any atom is 0.165 e. The second-order valence-electron chi connectivity index (χ2n) is 5.44. The van der Waals surface area contributed by atoms with Gasteiger partial charge < -0.3 is 10.1 Å². The van der Waals surface area contributed by atoms with E-state index >= 15 is 0 Å². The molecule has 0 aliphatic carbocycles. The monoisotopic (exact) mass is 289 g/mol. The molecule has 6 nitrogen and oxygen atoms in total. The Morgan fingerprint density at radius 2 is 2.19 bits per heavy atom. The molecule has 0 spiro atoms. The van der Waals surface area contributed by atoms with Crippen LogP contribution < -0.4 is 10.1 Å². The Labute approximate surface area is 125 Å². The Kier molecular flexibility index (Phi) is 5.68. The number of rotatable bonds is 8. The number of hydrogen-bond acceptors (Lipinski definition) is 5. The summed E-state index contributed by atoms with van der Waals surface area (Å²) in [6.45, 7) is 6.78. The average molecular weight is 289 g/mol. The van der Waals surface area contributed by atoms with E-state index in [9.17, 15) is 0 Å². The third kappa shape index (κ3) is 4.82. The van der Waals surface area contributed by atoms with Crippen LogP contribution in [-0.2, 0) is 19.5 Å². The van der Waals surface area contributed by atoms with Crippen LogP contribution in [0.3, 0.4) is 0 Å². The van der Waals surface area contributed by atoms with E-state index in [1.807, 2.05) is 22.9 Å². The molecule has 0 amide bonds. The second kappa shape index (κ2) is 7.73. The first-order valence-electron chi connectivity index (χ1n) is 7.27. The van der Waals surface area contributed by atoms with Crippen LogP contribution in [0.25, 0.3) is 0 Å². The number of methoxy groups -OCH3 is 1. The molecule has 0 unspecified atom stereocenters. The van der Waals surface area contributed by atoms with Gasteiger partial charge in [0.2, 0.25) is 0 Å². The topological polar surface area (TPSA) is 64.9 Å². The lowest BCUT2D eigenvalue weighted by molar-refractivity contribution is 0.414. The normalized spacial score (nSPS) is 11.0. The minimum absolute atomic E-state index is 0.617. The molecule has 0 aliphatic heterocycles. The first kappa shape index (κ1) is 15.4. The summed E-state index contributed by atoms with van der Waals surface area (Å²) >= 11 is 0. The second-order valence-corrected chi connectivity index (χ2v) is 5.44. The van der Waals surface area contributed by atoms with Gasteiger partial charge in [0.1, 0.15) is 5.75 Å². The van der Waals surface area contributed by atoms with E-state index in [-0.39, 0.29) is 0 Å². The predicted octanol–water partition coefficient (Wildman–Crippen LogP) is 1.67. The molecule has 1 N–H and O–H groups in total. The van der Waals surface area contributed by atoms with Crippen LogP contribution in [0.1, 0.15) is 25.2 Å². The van der Waals surface area contributed by atoms with Crippen molar-refractivity contribution in [1.82, 2.24) is 25.5 Å². The smallest absolute Gasteiger partial charge is 0.165 e. The van der Waals surface area contributed by atoms with Crippen molar-refractivity contribution in [1.29, 1.82) is 0 Å². The number of aryl methyl sites for hydroxylation is 2. The highest BCUT2D eigenvalue weighted by atomic mass is 16.5. The fourth-order valence-corrected chi connectivity index (χ4v) is 2.06. The Bertz CT molecular complexity index is 553. The zero-order valence-corrected chi connectivity index (χ0v) is 12.9. The van der Waals surface area contributed by atoms with Gasteiger partial charge in [0.05, 0.1) is 13.7 Å². The summed E-state index contributed by atoms with van der Waals surface area (Å²) in [5, 5.41) is 15.3. The third-order valence-corrected chi connectivity index (χ3v) is 3.19. The first-order chi connectivity index (χ1) is 10.2. The molecule has 6 heteroatoms. The molecule has 1 heterocycles. The number of nitrogens with one attached hydrogen (secondary N) is 1. The van der Waals surface area contributed by atoms with E-state index in [0.717, 1.165) is 31.1 Å². The van der Waals surface area contributed by atoms with E-state index in [2.05, 4.69) is 40.8 Å². The van der Waals surface area contributed by atoms with Crippen LogP contribution in [0.15, 0.2) is 24.3 Å². The fourth-order valence-electron chi connectivity index (χ4n) is 2.06. The SMILES string of the molecule is COc1cccc(CCn2nnnc2CNCC(C)C)c1.